The number of nitrogens with two attached hydrogens (primary N) is 1. The molecule has 1 saturated carbocycles. The fourth-order valence-corrected chi connectivity index (χ4v) is 8.67. The molecule has 0 radical (unpaired) electrons. The smallest absolute Gasteiger partial charge is 0.410 e. The van der Waals surface area contributed by atoms with Crippen molar-refractivity contribution in [1.82, 2.24) is 24.9 Å². The molecule has 7 rings (SSSR count). The van der Waals surface area contributed by atoms with E-state index in [4.69, 9.17) is 15.2 Å². The number of phenols is 1. The van der Waals surface area contributed by atoms with Crippen LogP contribution in [-0.4, -0.2) is 118 Å². The minimum atomic E-state index is -0.453. The molecule has 5 fully saturated rings. The molecule has 11 heteroatoms. The van der Waals surface area contributed by atoms with Gasteiger partial charge in [0.05, 0.1) is 23.6 Å². The van der Waals surface area contributed by atoms with Gasteiger partial charge in [0.15, 0.2) is 5.82 Å². The Morgan fingerprint density at radius 1 is 0.915 bits per heavy atom. The molecule has 1 amide bonds. The number of phenolic OH excluding ortho intramolecular Hbond substituents is 1. The number of carbonyl (C=O) groups excluding carboxylic acids is 1. The van der Waals surface area contributed by atoms with Crippen LogP contribution in [-0.2, 0) is 9.47 Å². The summed E-state index contributed by atoms with van der Waals surface area (Å²) in [7, 11) is 0. The average molecular weight is 648 g/mol. The van der Waals surface area contributed by atoms with Crippen molar-refractivity contribution in [3.05, 3.63) is 30.3 Å². The molecule has 3 N–H and O–H groups in total. The summed E-state index contributed by atoms with van der Waals surface area (Å²) in [4.78, 5) is 22.1. The minimum absolute atomic E-state index is 0.202. The summed E-state index contributed by atoms with van der Waals surface area (Å²) in [5.41, 5.74) is 8.17. The summed E-state index contributed by atoms with van der Waals surface area (Å²) >= 11 is 0. The second kappa shape index (κ2) is 13.4. The normalized spacial score (nSPS) is 28.0. The molecule has 47 heavy (non-hydrogen) atoms. The zero-order chi connectivity index (χ0) is 32.7. The van der Waals surface area contributed by atoms with Crippen LogP contribution < -0.4 is 10.6 Å². The number of hydrogen-bond donors (Lipinski definition) is 2. The maximum atomic E-state index is 12.4. The Morgan fingerprint density at radius 3 is 2.26 bits per heavy atom. The van der Waals surface area contributed by atoms with Crippen molar-refractivity contribution < 1.29 is 19.4 Å². The zero-order valence-electron chi connectivity index (χ0n) is 28.4. The standard InChI is InChI=1S/C36H53N7O4/c1-36(2,3)47-35(45)41-16-12-28(13-17-41)46-29-18-24(19-29)21-40-14-10-25(11-15-40)43-26-8-9-27(43)23-42(22-26)32-20-31(38-39-34(32)37)30-6-4-5-7-33(30)44/h4-7,20,24-29,44H,8-19,21-23H2,1-3H3,(H2,37,39). The number of carbonyl (C=O) groups is 1. The molecule has 5 heterocycles. The van der Waals surface area contributed by atoms with Crippen molar-refractivity contribution in [3.63, 3.8) is 0 Å². The van der Waals surface area contributed by atoms with Crippen LogP contribution in [0.2, 0.25) is 0 Å². The lowest BCUT2D eigenvalue weighted by Crippen LogP contribution is -2.59. The Bertz CT molecular complexity index is 1380. The molecule has 0 spiro atoms. The van der Waals surface area contributed by atoms with Gasteiger partial charge in [0.1, 0.15) is 11.4 Å². The number of fused-ring (bicyclic) bond motifs is 2. The molecular formula is C36H53N7O4. The summed E-state index contributed by atoms with van der Waals surface area (Å²) in [6.45, 7) is 12.6. The van der Waals surface area contributed by atoms with Crippen LogP contribution in [0.15, 0.2) is 30.3 Å². The molecule has 4 saturated heterocycles. The minimum Gasteiger partial charge on any atom is -0.507 e. The maximum Gasteiger partial charge on any atom is 0.410 e. The van der Waals surface area contributed by atoms with E-state index in [0.717, 1.165) is 63.5 Å². The van der Waals surface area contributed by atoms with Crippen molar-refractivity contribution >= 4 is 17.6 Å². The highest BCUT2D eigenvalue weighted by Gasteiger charge is 2.45. The Kier molecular flexibility index (Phi) is 9.23. The van der Waals surface area contributed by atoms with Crippen LogP contribution >= 0.6 is 0 Å². The lowest BCUT2D eigenvalue weighted by Gasteiger charge is -2.49. The first-order valence-electron chi connectivity index (χ1n) is 17.9. The summed E-state index contributed by atoms with van der Waals surface area (Å²) < 4.78 is 12.0. The van der Waals surface area contributed by atoms with Crippen molar-refractivity contribution in [2.75, 3.05) is 56.4 Å². The second-order valence-electron chi connectivity index (χ2n) is 15.5. The Balaban J connectivity index is 0.839. The third-order valence-electron chi connectivity index (χ3n) is 11.0. The first-order chi connectivity index (χ1) is 22.6. The molecule has 1 aliphatic carbocycles. The number of rotatable bonds is 7. The number of amides is 1. The molecule has 2 atom stereocenters. The third kappa shape index (κ3) is 7.32. The number of aromatic hydroxyl groups is 1. The predicted molar refractivity (Wildman–Crippen MR) is 182 cm³/mol. The summed E-state index contributed by atoms with van der Waals surface area (Å²) in [6, 6.07) is 11.0. The number of likely N-dealkylation sites (tertiary alicyclic amines) is 2. The summed E-state index contributed by atoms with van der Waals surface area (Å²) in [5, 5.41) is 18.9. The largest absolute Gasteiger partial charge is 0.507 e. The molecule has 1 aromatic carbocycles. The molecular weight excluding hydrogens is 594 g/mol. The van der Waals surface area contributed by atoms with Crippen LogP contribution in [0.3, 0.4) is 0 Å². The quantitative estimate of drug-likeness (QED) is 0.436. The van der Waals surface area contributed by atoms with Gasteiger partial charge in [-0.3, -0.25) is 4.90 Å². The van der Waals surface area contributed by atoms with Crippen molar-refractivity contribution in [3.8, 4) is 17.0 Å². The van der Waals surface area contributed by atoms with Gasteiger partial charge in [-0.2, -0.15) is 0 Å². The van der Waals surface area contributed by atoms with E-state index in [0.29, 0.717) is 41.3 Å². The van der Waals surface area contributed by atoms with Gasteiger partial charge in [0, 0.05) is 56.4 Å². The van der Waals surface area contributed by atoms with Crippen molar-refractivity contribution in [2.45, 2.75) is 108 Å². The van der Waals surface area contributed by atoms with E-state index in [2.05, 4.69) is 24.9 Å². The highest BCUT2D eigenvalue weighted by Crippen LogP contribution is 2.40. The number of hydrogen-bond acceptors (Lipinski definition) is 10. The van der Waals surface area contributed by atoms with Crippen LogP contribution in [0.1, 0.15) is 72.1 Å². The van der Waals surface area contributed by atoms with E-state index >= 15 is 0 Å². The Hall–Kier alpha value is -3.15. The number of piperidine rings is 2. The molecule has 4 aliphatic heterocycles. The summed E-state index contributed by atoms with van der Waals surface area (Å²) in [6.07, 6.45) is 9.51. The lowest BCUT2D eigenvalue weighted by molar-refractivity contribution is -0.0986. The molecule has 5 aliphatic rings. The number of anilines is 2. The highest BCUT2D eigenvalue weighted by molar-refractivity contribution is 5.74. The van der Waals surface area contributed by atoms with Gasteiger partial charge in [-0.15, -0.1) is 10.2 Å². The molecule has 1 aromatic heterocycles. The van der Waals surface area contributed by atoms with E-state index in [1.165, 1.54) is 45.3 Å². The van der Waals surface area contributed by atoms with Gasteiger partial charge in [-0.25, -0.2) is 4.79 Å². The summed E-state index contributed by atoms with van der Waals surface area (Å²) in [5.74, 6) is 1.39. The van der Waals surface area contributed by atoms with E-state index in [-0.39, 0.29) is 17.9 Å². The first-order valence-corrected chi connectivity index (χ1v) is 17.9. The van der Waals surface area contributed by atoms with E-state index in [1.807, 2.05) is 49.9 Å². The van der Waals surface area contributed by atoms with E-state index in [9.17, 15) is 9.90 Å². The molecule has 2 bridgehead atoms. The number of ether oxygens (including phenoxy) is 2. The van der Waals surface area contributed by atoms with Gasteiger partial charge in [-0.1, -0.05) is 12.1 Å². The van der Waals surface area contributed by atoms with E-state index in [1.54, 1.807) is 6.07 Å². The molecule has 2 aromatic rings. The number of piperazine rings is 1. The van der Waals surface area contributed by atoms with Crippen molar-refractivity contribution in [1.29, 1.82) is 0 Å². The third-order valence-corrected chi connectivity index (χ3v) is 11.0. The first kappa shape index (κ1) is 32.4. The second-order valence-corrected chi connectivity index (χ2v) is 15.5. The van der Waals surface area contributed by atoms with Crippen molar-refractivity contribution in [2.24, 2.45) is 5.92 Å². The van der Waals surface area contributed by atoms with Gasteiger partial charge in [0.25, 0.3) is 0 Å². The SMILES string of the molecule is CC(C)(C)OC(=O)N1CCC(OC2CC(CN3CCC(N4C5CCC4CN(c4cc(-c6ccccc6O)nnc4N)C5)CC3)C2)CC1. The Morgan fingerprint density at radius 2 is 1.60 bits per heavy atom. The monoisotopic (exact) mass is 647 g/mol. The lowest BCUT2D eigenvalue weighted by atomic mass is 9.81. The van der Waals surface area contributed by atoms with Crippen LogP contribution in [0.5, 0.6) is 5.75 Å². The number of nitrogen functional groups attached to an aromatic ring is 1. The van der Waals surface area contributed by atoms with Gasteiger partial charge < -0.3 is 35.0 Å². The van der Waals surface area contributed by atoms with Crippen LogP contribution in [0.4, 0.5) is 16.3 Å². The number of para-hydroxylation sites is 1. The Labute approximate surface area is 279 Å². The van der Waals surface area contributed by atoms with Gasteiger partial charge in [0.2, 0.25) is 0 Å². The van der Waals surface area contributed by atoms with Crippen LogP contribution in [0.25, 0.3) is 11.3 Å². The number of aromatic nitrogens is 2. The van der Waals surface area contributed by atoms with E-state index < -0.39 is 5.60 Å². The molecule has 2 unspecified atom stereocenters. The van der Waals surface area contributed by atoms with Gasteiger partial charge >= 0.3 is 6.09 Å². The fraction of sp³-hybridized carbons (Fsp3) is 0.694. The van der Waals surface area contributed by atoms with Crippen LogP contribution in [0, 0.1) is 5.92 Å². The zero-order valence-corrected chi connectivity index (χ0v) is 28.4. The molecule has 11 nitrogen and oxygen atoms in total. The molecule has 256 valence electrons. The predicted octanol–water partition coefficient (Wildman–Crippen LogP) is 4.74. The highest BCUT2D eigenvalue weighted by atomic mass is 16.6. The average Bonchev–Trinajstić information content (AvgIpc) is 3.29. The maximum absolute atomic E-state index is 12.4. The number of benzene rings is 1. The number of nitrogens with zero attached hydrogens (tertiary/aromatic N) is 6. The fourth-order valence-electron chi connectivity index (χ4n) is 8.67. The topological polar surface area (TPSA) is 121 Å². The van der Waals surface area contributed by atoms with Gasteiger partial charge in [-0.05, 0) is 109 Å².